The van der Waals surface area contributed by atoms with Gasteiger partial charge in [-0.05, 0) is 50.3 Å². The molecule has 3 aromatic rings. The summed E-state index contributed by atoms with van der Waals surface area (Å²) in [5.41, 5.74) is 2.32. The van der Waals surface area contributed by atoms with Crippen LogP contribution < -0.4 is 5.32 Å². The first-order valence-electron chi connectivity index (χ1n) is 10.2. The Morgan fingerprint density at radius 2 is 1.83 bits per heavy atom. The monoisotopic (exact) mass is 406 g/mol. The molecule has 0 spiro atoms. The van der Waals surface area contributed by atoms with E-state index in [1.807, 2.05) is 53.2 Å². The van der Waals surface area contributed by atoms with E-state index in [2.05, 4.69) is 29.5 Å². The van der Waals surface area contributed by atoms with E-state index < -0.39 is 0 Å². The molecule has 0 radical (unpaired) electrons. The minimum atomic E-state index is 0.0274. The van der Waals surface area contributed by atoms with Crippen LogP contribution in [0.1, 0.15) is 43.5 Å². The number of para-hydroxylation sites is 1. The van der Waals surface area contributed by atoms with Crippen molar-refractivity contribution in [3.8, 4) is 5.69 Å². The molecule has 0 aliphatic heterocycles. The first kappa shape index (κ1) is 19.7. The Morgan fingerprint density at radius 3 is 2.52 bits per heavy atom. The summed E-state index contributed by atoms with van der Waals surface area (Å²) in [6, 6.07) is 20.6. The highest BCUT2D eigenvalue weighted by molar-refractivity contribution is 7.99. The van der Waals surface area contributed by atoms with Gasteiger partial charge in [0.2, 0.25) is 11.1 Å². The number of benzene rings is 2. The number of carbonyl (C=O) groups is 1. The Bertz CT molecular complexity index is 938. The molecule has 2 aromatic carbocycles. The molecule has 5 nitrogen and oxygen atoms in total. The third kappa shape index (κ3) is 5.48. The average molecular weight is 407 g/mol. The molecule has 6 heteroatoms. The van der Waals surface area contributed by atoms with Crippen LogP contribution in [0.15, 0.2) is 65.8 Å². The Hall–Kier alpha value is -2.60. The van der Waals surface area contributed by atoms with Crippen molar-refractivity contribution in [3.63, 3.8) is 0 Å². The van der Waals surface area contributed by atoms with Crippen LogP contribution >= 0.6 is 11.8 Å². The van der Waals surface area contributed by atoms with Crippen LogP contribution in [0.5, 0.6) is 0 Å². The highest BCUT2D eigenvalue weighted by Crippen LogP contribution is 2.40. The molecule has 0 unspecified atom stereocenters. The van der Waals surface area contributed by atoms with Crippen LogP contribution in [0.25, 0.3) is 5.69 Å². The highest BCUT2D eigenvalue weighted by atomic mass is 32.2. The predicted octanol–water partition coefficient (Wildman–Crippen LogP) is 4.37. The fourth-order valence-electron chi connectivity index (χ4n) is 3.28. The molecule has 1 N–H and O–H groups in total. The largest absolute Gasteiger partial charge is 0.353 e. The molecule has 1 amide bonds. The van der Waals surface area contributed by atoms with Gasteiger partial charge in [-0.25, -0.2) is 9.67 Å². The lowest BCUT2D eigenvalue weighted by Crippen LogP contribution is -2.34. The Morgan fingerprint density at radius 1 is 1.14 bits per heavy atom. The highest BCUT2D eigenvalue weighted by Gasteiger charge is 2.30. The van der Waals surface area contributed by atoms with Gasteiger partial charge >= 0.3 is 0 Å². The summed E-state index contributed by atoms with van der Waals surface area (Å²) in [5, 5.41) is 8.41. The van der Waals surface area contributed by atoms with Gasteiger partial charge in [0.15, 0.2) is 0 Å². The van der Waals surface area contributed by atoms with Gasteiger partial charge in [-0.1, -0.05) is 60.3 Å². The Balaban J connectivity index is 1.30. The van der Waals surface area contributed by atoms with Crippen molar-refractivity contribution in [2.24, 2.45) is 0 Å². The van der Waals surface area contributed by atoms with Crippen molar-refractivity contribution >= 4 is 17.7 Å². The number of thioether (sulfide) groups is 1. The van der Waals surface area contributed by atoms with E-state index >= 15 is 0 Å². The van der Waals surface area contributed by atoms with Gasteiger partial charge in [-0.2, -0.15) is 0 Å². The molecule has 1 atom stereocenters. The van der Waals surface area contributed by atoms with Gasteiger partial charge in [0.1, 0.15) is 5.82 Å². The number of amides is 1. The summed E-state index contributed by atoms with van der Waals surface area (Å²) in [6.45, 7) is 2.05. The van der Waals surface area contributed by atoms with E-state index in [-0.39, 0.29) is 11.9 Å². The molecule has 1 aliphatic carbocycles. The number of nitrogens with one attached hydrogen (secondary N) is 1. The standard InChI is InChI=1S/C23H26N4OS/c1-17(12-13-18-8-4-2-5-9-18)24-21(28)16-29-23-25-22(19-14-15-19)27(26-23)20-10-6-3-7-11-20/h2-11,17,19H,12-16H2,1H3,(H,24,28)/t17-/m0/s1. The summed E-state index contributed by atoms with van der Waals surface area (Å²) in [4.78, 5) is 17.1. The second kappa shape index (κ2) is 9.27. The summed E-state index contributed by atoms with van der Waals surface area (Å²) in [5.74, 6) is 1.86. The second-order valence-electron chi connectivity index (χ2n) is 7.56. The second-order valence-corrected chi connectivity index (χ2v) is 8.50. The van der Waals surface area contributed by atoms with Crippen LogP contribution in [0, 0.1) is 0 Å². The third-order valence-corrected chi connectivity index (χ3v) is 5.84. The molecular weight excluding hydrogens is 380 g/mol. The average Bonchev–Trinajstić information content (AvgIpc) is 3.51. The van der Waals surface area contributed by atoms with Crippen LogP contribution in [-0.2, 0) is 11.2 Å². The van der Waals surface area contributed by atoms with Crippen molar-refractivity contribution in [1.82, 2.24) is 20.1 Å². The fourth-order valence-corrected chi connectivity index (χ4v) is 3.92. The molecule has 1 saturated carbocycles. The Kier molecular flexibility index (Phi) is 6.30. The van der Waals surface area contributed by atoms with Crippen molar-refractivity contribution in [1.29, 1.82) is 0 Å². The first-order valence-corrected chi connectivity index (χ1v) is 11.2. The zero-order valence-electron chi connectivity index (χ0n) is 16.6. The maximum Gasteiger partial charge on any atom is 0.230 e. The predicted molar refractivity (Wildman–Crippen MR) is 116 cm³/mol. The molecule has 1 aromatic heterocycles. The maximum atomic E-state index is 12.4. The van der Waals surface area contributed by atoms with Crippen molar-refractivity contribution < 1.29 is 4.79 Å². The molecular formula is C23H26N4OS. The van der Waals surface area contributed by atoms with Crippen LogP contribution in [-0.4, -0.2) is 32.5 Å². The molecule has 0 saturated heterocycles. The van der Waals surface area contributed by atoms with E-state index in [0.717, 1.165) is 37.2 Å². The van der Waals surface area contributed by atoms with Gasteiger partial charge < -0.3 is 5.32 Å². The number of aromatic nitrogens is 3. The van der Waals surface area contributed by atoms with E-state index in [1.165, 1.54) is 17.3 Å². The quantitative estimate of drug-likeness (QED) is 0.536. The van der Waals surface area contributed by atoms with Gasteiger partial charge in [-0.3, -0.25) is 4.79 Å². The SMILES string of the molecule is C[C@@H](CCc1ccccc1)NC(=O)CSc1nc(C2CC2)n(-c2ccccc2)n1. The minimum absolute atomic E-state index is 0.0274. The lowest BCUT2D eigenvalue weighted by Gasteiger charge is -2.13. The van der Waals surface area contributed by atoms with Crippen LogP contribution in [0.3, 0.4) is 0 Å². The normalized spacial score (nSPS) is 14.5. The molecule has 0 bridgehead atoms. The summed E-state index contributed by atoms with van der Waals surface area (Å²) in [7, 11) is 0. The topological polar surface area (TPSA) is 59.8 Å². The zero-order valence-corrected chi connectivity index (χ0v) is 17.4. The number of hydrogen-bond acceptors (Lipinski definition) is 4. The van der Waals surface area contributed by atoms with E-state index in [1.54, 1.807) is 0 Å². The summed E-state index contributed by atoms with van der Waals surface area (Å²) >= 11 is 1.40. The van der Waals surface area contributed by atoms with Gasteiger partial charge in [-0.15, -0.1) is 5.10 Å². The van der Waals surface area contributed by atoms with Crippen molar-refractivity contribution in [2.75, 3.05) is 5.75 Å². The summed E-state index contributed by atoms with van der Waals surface area (Å²) in [6.07, 6.45) is 4.21. The molecule has 1 fully saturated rings. The number of nitrogens with zero attached hydrogens (tertiary/aromatic N) is 3. The molecule has 4 rings (SSSR count). The molecule has 150 valence electrons. The lowest BCUT2D eigenvalue weighted by molar-refractivity contribution is -0.119. The zero-order chi connectivity index (χ0) is 20.1. The first-order chi connectivity index (χ1) is 14.2. The van der Waals surface area contributed by atoms with Gasteiger partial charge in [0.05, 0.1) is 11.4 Å². The van der Waals surface area contributed by atoms with E-state index in [9.17, 15) is 4.79 Å². The molecule has 29 heavy (non-hydrogen) atoms. The summed E-state index contributed by atoms with van der Waals surface area (Å²) < 4.78 is 1.93. The third-order valence-electron chi connectivity index (χ3n) is 5.00. The van der Waals surface area contributed by atoms with Crippen molar-refractivity contribution in [2.45, 2.75) is 49.7 Å². The van der Waals surface area contributed by atoms with Gasteiger partial charge in [0, 0.05) is 12.0 Å². The van der Waals surface area contributed by atoms with Gasteiger partial charge in [0.25, 0.3) is 0 Å². The number of aryl methyl sites for hydroxylation is 1. The van der Waals surface area contributed by atoms with Crippen LogP contribution in [0.2, 0.25) is 0 Å². The molecule has 1 aliphatic rings. The number of carbonyl (C=O) groups excluding carboxylic acids is 1. The minimum Gasteiger partial charge on any atom is -0.353 e. The fraction of sp³-hybridized carbons (Fsp3) is 0.348. The lowest BCUT2D eigenvalue weighted by atomic mass is 10.1. The smallest absolute Gasteiger partial charge is 0.230 e. The maximum absolute atomic E-state index is 12.4. The number of rotatable bonds is 9. The molecule has 1 heterocycles. The van der Waals surface area contributed by atoms with Crippen LogP contribution in [0.4, 0.5) is 0 Å². The number of hydrogen-bond donors (Lipinski definition) is 1. The Labute approximate surface area is 175 Å². The van der Waals surface area contributed by atoms with E-state index in [0.29, 0.717) is 16.8 Å². The van der Waals surface area contributed by atoms with Crippen molar-refractivity contribution in [3.05, 3.63) is 72.1 Å². The van der Waals surface area contributed by atoms with E-state index in [4.69, 9.17) is 4.98 Å².